The molecule has 0 N–H and O–H groups in total. The van der Waals surface area contributed by atoms with E-state index < -0.39 is 0 Å². The van der Waals surface area contributed by atoms with E-state index in [0.717, 1.165) is 16.8 Å². The van der Waals surface area contributed by atoms with Gasteiger partial charge in [0.25, 0.3) is 0 Å². The summed E-state index contributed by atoms with van der Waals surface area (Å²) in [6, 6.07) is 5.53. The lowest BCUT2D eigenvalue weighted by atomic mass is 9.97. The molecule has 0 aromatic carbocycles. The van der Waals surface area contributed by atoms with Crippen LogP contribution in [0.4, 0.5) is 0 Å². The van der Waals surface area contributed by atoms with E-state index in [1.54, 1.807) is 17.3 Å². The number of aromatic nitrogens is 2. The molecule has 0 spiro atoms. The van der Waals surface area contributed by atoms with Gasteiger partial charge in [0.05, 0.1) is 19.1 Å². The largest absolute Gasteiger partial charge is 0.465 e. The number of carbonyl (C=O) groups is 2. The minimum Gasteiger partial charge on any atom is -0.465 e. The number of esters is 1. The molecular weight excluding hydrogens is 294 g/mol. The summed E-state index contributed by atoms with van der Waals surface area (Å²) in [7, 11) is 1.35. The molecule has 118 valence electrons. The molecule has 0 bridgehead atoms. The first-order valence-corrected chi connectivity index (χ1v) is 7.41. The topological polar surface area (TPSA) is 72.4 Å². The van der Waals surface area contributed by atoms with Crippen molar-refractivity contribution in [1.82, 2.24) is 14.9 Å². The van der Waals surface area contributed by atoms with E-state index in [0.29, 0.717) is 25.1 Å². The van der Waals surface area contributed by atoms with Crippen molar-refractivity contribution in [1.29, 1.82) is 0 Å². The Morgan fingerprint density at radius 1 is 1.30 bits per heavy atom. The third kappa shape index (κ3) is 3.21. The number of hydrogen-bond donors (Lipinski definition) is 0. The van der Waals surface area contributed by atoms with E-state index in [1.807, 2.05) is 18.2 Å². The molecule has 2 aromatic rings. The van der Waals surface area contributed by atoms with Crippen molar-refractivity contribution >= 4 is 11.9 Å². The molecule has 0 atom stereocenters. The third-order valence-corrected chi connectivity index (χ3v) is 3.96. The Morgan fingerprint density at radius 3 is 2.91 bits per heavy atom. The van der Waals surface area contributed by atoms with E-state index in [2.05, 4.69) is 9.97 Å². The van der Waals surface area contributed by atoms with Crippen molar-refractivity contribution in [3.8, 4) is 0 Å². The molecule has 3 rings (SSSR count). The lowest BCUT2D eigenvalue weighted by molar-refractivity contribution is -0.131. The normalized spacial score (nSPS) is 13.3. The second-order valence-corrected chi connectivity index (χ2v) is 5.38. The molecule has 1 amide bonds. The van der Waals surface area contributed by atoms with Crippen LogP contribution in [-0.2, 0) is 28.9 Å². The van der Waals surface area contributed by atoms with E-state index in [1.165, 1.54) is 13.3 Å². The van der Waals surface area contributed by atoms with Gasteiger partial charge in [0.1, 0.15) is 0 Å². The Bertz CT molecular complexity index is 731. The minimum absolute atomic E-state index is 0.0258. The fraction of sp³-hybridized carbons (Fsp3) is 0.294. The van der Waals surface area contributed by atoms with E-state index in [4.69, 9.17) is 4.74 Å². The SMILES string of the molecule is COC(=O)c1cncc2c1CCN(C(=O)Cc1ccccn1)C2. The summed E-state index contributed by atoms with van der Waals surface area (Å²) in [5, 5.41) is 0. The van der Waals surface area contributed by atoms with E-state index in [-0.39, 0.29) is 18.3 Å². The van der Waals surface area contributed by atoms with Crippen LogP contribution in [0, 0.1) is 0 Å². The zero-order valence-corrected chi connectivity index (χ0v) is 12.9. The summed E-state index contributed by atoms with van der Waals surface area (Å²) < 4.78 is 4.79. The van der Waals surface area contributed by atoms with Crippen molar-refractivity contribution < 1.29 is 14.3 Å². The van der Waals surface area contributed by atoms with Crippen LogP contribution in [-0.4, -0.2) is 40.4 Å². The Morgan fingerprint density at radius 2 is 2.17 bits per heavy atom. The highest BCUT2D eigenvalue weighted by atomic mass is 16.5. The molecule has 0 saturated carbocycles. The predicted octanol–water partition coefficient (Wildman–Crippen LogP) is 1.39. The van der Waals surface area contributed by atoms with Crippen molar-refractivity contribution in [2.45, 2.75) is 19.4 Å². The average molecular weight is 311 g/mol. The number of pyridine rings is 2. The van der Waals surface area contributed by atoms with Gasteiger partial charge in [-0.05, 0) is 29.7 Å². The lowest BCUT2D eigenvalue weighted by Gasteiger charge is -2.29. The molecule has 0 unspecified atom stereocenters. The molecular formula is C17H17N3O3. The van der Waals surface area contributed by atoms with Crippen molar-refractivity contribution in [2.75, 3.05) is 13.7 Å². The second-order valence-electron chi connectivity index (χ2n) is 5.38. The van der Waals surface area contributed by atoms with Gasteiger partial charge >= 0.3 is 5.97 Å². The molecule has 0 aliphatic carbocycles. The number of nitrogens with zero attached hydrogens (tertiary/aromatic N) is 3. The maximum atomic E-state index is 12.4. The maximum Gasteiger partial charge on any atom is 0.339 e. The van der Waals surface area contributed by atoms with Gasteiger partial charge in [0.15, 0.2) is 0 Å². The molecule has 2 aromatic heterocycles. The first-order valence-electron chi connectivity index (χ1n) is 7.41. The van der Waals surface area contributed by atoms with Gasteiger partial charge in [-0.15, -0.1) is 0 Å². The number of rotatable bonds is 3. The third-order valence-electron chi connectivity index (χ3n) is 3.96. The smallest absolute Gasteiger partial charge is 0.339 e. The van der Waals surface area contributed by atoms with Gasteiger partial charge in [0, 0.05) is 37.4 Å². The maximum absolute atomic E-state index is 12.4. The van der Waals surface area contributed by atoms with Gasteiger partial charge in [-0.2, -0.15) is 0 Å². The minimum atomic E-state index is -0.386. The van der Waals surface area contributed by atoms with Crippen molar-refractivity contribution in [2.24, 2.45) is 0 Å². The second kappa shape index (κ2) is 6.56. The molecule has 6 nitrogen and oxygen atoms in total. The van der Waals surface area contributed by atoms with Crippen LogP contribution in [0.2, 0.25) is 0 Å². The fourth-order valence-corrected chi connectivity index (χ4v) is 2.76. The molecule has 0 saturated heterocycles. The monoisotopic (exact) mass is 311 g/mol. The molecule has 1 aliphatic heterocycles. The first kappa shape index (κ1) is 15.1. The Kier molecular flexibility index (Phi) is 4.32. The van der Waals surface area contributed by atoms with Gasteiger partial charge in [-0.3, -0.25) is 14.8 Å². The summed E-state index contributed by atoms with van der Waals surface area (Å²) in [6.45, 7) is 1.03. The lowest BCUT2D eigenvalue weighted by Crippen LogP contribution is -2.37. The predicted molar refractivity (Wildman–Crippen MR) is 82.6 cm³/mol. The van der Waals surface area contributed by atoms with Crippen LogP contribution in [0.25, 0.3) is 0 Å². The number of ether oxygens (including phenoxy) is 1. The van der Waals surface area contributed by atoms with Gasteiger partial charge < -0.3 is 9.64 Å². The summed E-state index contributed by atoms with van der Waals surface area (Å²) in [6.07, 6.45) is 5.81. The van der Waals surface area contributed by atoms with E-state index in [9.17, 15) is 9.59 Å². The Balaban J connectivity index is 1.75. The Labute approximate surface area is 134 Å². The first-order chi connectivity index (χ1) is 11.2. The van der Waals surface area contributed by atoms with Crippen molar-refractivity contribution in [3.05, 3.63) is 59.2 Å². The van der Waals surface area contributed by atoms with Gasteiger partial charge in [0.2, 0.25) is 5.91 Å². The highest BCUT2D eigenvalue weighted by Crippen LogP contribution is 2.22. The molecule has 0 radical (unpaired) electrons. The summed E-state index contributed by atoms with van der Waals surface area (Å²) in [5.41, 5.74) is 3.06. The van der Waals surface area contributed by atoms with Crippen molar-refractivity contribution in [3.63, 3.8) is 0 Å². The highest BCUT2D eigenvalue weighted by Gasteiger charge is 2.25. The molecule has 23 heavy (non-hydrogen) atoms. The number of methoxy groups -OCH3 is 1. The number of carbonyl (C=O) groups excluding carboxylic acids is 2. The highest BCUT2D eigenvalue weighted by molar-refractivity contribution is 5.91. The molecule has 0 fully saturated rings. The standard InChI is InChI=1S/C17H17N3O3/c1-23-17(22)15-10-18-9-12-11-20(7-5-14(12)15)16(21)8-13-4-2-3-6-19-13/h2-4,6,9-10H,5,7-8,11H2,1H3. The number of amides is 1. The molecule has 1 aliphatic rings. The van der Waals surface area contributed by atoms with Crippen LogP contribution in [0.5, 0.6) is 0 Å². The van der Waals surface area contributed by atoms with Gasteiger partial charge in [-0.1, -0.05) is 6.07 Å². The van der Waals surface area contributed by atoms with Crippen LogP contribution in [0.3, 0.4) is 0 Å². The van der Waals surface area contributed by atoms with Gasteiger partial charge in [-0.25, -0.2) is 4.79 Å². The van der Waals surface area contributed by atoms with Crippen LogP contribution in [0.1, 0.15) is 27.2 Å². The molecule has 3 heterocycles. The number of hydrogen-bond acceptors (Lipinski definition) is 5. The van der Waals surface area contributed by atoms with Crippen LogP contribution < -0.4 is 0 Å². The van der Waals surface area contributed by atoms with E-state index >= 15 is 0 Å². The fourth-order valence-electron chi connectivity index (χ4n) is 2.76. The zero-order chi connectivity index (χ0) is 16.2. The zero-order valence-electron chi connectivity index (χ0n) is 12.9. The Hall–Kier alpha value is -2.76. The quantitative estimate of drug-likeness (QED) is 0.801. The summed E-state index contributed by atoms with van der Waals surface area (Å²) in [5.74, 6) is -0.361. The average Bonchev–Trinajstić information content (AvgIpc) is 2.60. The van der Waals surface area contributed by atoms with Crippen LogP contribution >= 0.6 is 0 Å². The summed E-state index contributed by atoms with van der Waals surface area (Å²) >= 11 is 0. The number of fused-ring (bicyclic) bond motifs is 1. The molecule has 6 heteroatoms. The summed E-state index contributed by atoms with van der Waals surface area (Å²) in [4.78, 5) is 34.3. The van der Waals surface area contributed by atoms with Crippen LogP contribution in [0.15, 0.2) is 36.8 Å².